The summed E-state index contributed by atoms with van der Waals surface area (Å²) < 4.78 is 1.97. The Bertz CT molecular complexity index is 801. The number of hydrogen-bond acceptors (Lipinski definition) is 4. The molecule has 2 aromatic heterocycles. The van der Waals surface area contributed by atoms with Crippen LogP contribution in [0.1, 0.15) is 24.8 Å². The topological polar surface area (TPSA) is 72.7 Å². The van der Waals surface area contributed by atoms with E-state index in [9.17, 15) is 4.79 Å². The zero-order valence-electron chi connectivity index (χ0n) is 14.2. The van der Waals surface area contributed by atoms with Gasteiger partial charge in [0.2, 0.25) is 5.91 Å². The standard InChI is InChI=1S/C19H21N5O/c1-2-16(15-6-4-3-5-7-15)19(25)23-11-13-24-12-10-22-18(24)17-14-20-8-9-21-17/h3-10,12,14,16H,2,11,13H2,1H3,(H,23,25)/t16-/m0/s1. The number of aromatic nitrogens is 4. The van der Waals surface area contributed by atoms with Crippen molar-refractivity contribution in [2.24, 2.45) is 0 Å². The van der Waals surface area contributed by atoms with Crippen molar-refractivity contribution in [2.45, 2.75) is 25.8 Å². The monoisotopic (exact) mass is 335 g/mol. The molecule has 128 valence electrons. The van der Waals surface area contributed by atoms with E-state index in [-0.39, 0.29) is 11.8 Å². The molecule has 1 N–H and O–H groups in total. The van der Waals surface area contributed by atoms with Crippen LogP contribution in [0, 0.1) is 0 Å². The minimum atomic E-state index is -0.122. The molecule has 0 saturated heterocycles. The van der Waals surface area contributed by atoms with Crippen molar-refractivity contribution in [1.29, 1.82) is 0 Å². The minimum Gasteiger partial charge on any atom is -0.354 e. The Balaban J connectivity index is 1.60. The molecule has 1 atom stereocenters. The molecule has 0 fully saturated rings. The van der Waals surface area contributed by atoms with Crippen molar-refractivity contribution in [3.05, 3.63) is 66.9 Å². The SMILES string of the molecule is CC[C@H](C(=O)NCCn1ccnc1-c1cnccn1)c1ccccc1. The number of carbonyl (C=O) groups excluding carboxylic acids is 1. The summed E-state index contributed by atoms with van der Waals surface area (Å²) in [6.07, 6.45) is 9.33. The lowest BCUT2D eigenvalue weighted by Crippen LogP contribution is -2.31. The molecule has 0 aliphatic rings. The second kappa shape index (κ2) is 8.19. The smallest absolute Gasteiger partial charge is 0.227 e. The maximum Gasteiger partial charge on any atom is 0.227 e. The summed E-state index contributed by atoms with van der Waals surface area (Å²) in [5.74, 6) is 0.677. The molecule has 0 aliphatic carbocycles. The summed E-state index contributed by atoms with van der Waals surface area (Å²) in [7, 11) is 0. The lowest BCUT2D eigenvalue weighted by Gasteiger charge is -2.16. The van der Waals surface area contributed by atoms with Crippen LogP contribution >= 0.6 is 0 Å². The van der Waals surface area contributed by atoms with E-state index in [2.05, 4.69) is 20.3 Å². The molecular formula is C19H21N5O. The molecule has 1 amide bonds. The Labute approximate surface area is 147 Å². The number of amides is 1. The molecular weight excluding hydrogens is 314 g/mol. The third-order valence-electron chi connectivity index (χ3n) is 4.09. The van der Waals surface area contributed by atoms with Crippen LogP contribution in [0.3, 0.4) is 0 Å². The maximum absolute atomic E-state index is 12.5. The normalized spacial score (nSPS) is 11.9. The van der Waals surface area contributed by atoms with E-state index in [1.807, 2.05) is 48.0 Å². The van der Waals surface area contributed by atoms with Gasteiger partial charge in [0.25, 0.3) is 0 Å². The molecule has 0 aliphatic heterocycles. The van der Waals surface area contributed by atoms with E-state index in [1.165, 1.54) is 0 Å². The molecule has 0 saturated carbocycles. The molecule has 0 unspecified atom stereocenters. The second-order valence-corrected chi connectivity index (χ2v) is 5.70. The van der Waals surface area contributed by atoms with Crippen LogP contribution in [0.2, 0.25) is 0 Å². The highest BCUT2D eigenvalue weighted by atomic mass is 16.1. The first-order valence-electron chi connectivity index (χ1n) is 8.39. The van der Waals surface area contributed by atoms with Gasteiger partial charge in [0, 0.05) is 37.9 Å². The van der Waals surface area contributed by atoms with Crippen LogP contribution in [-0.4, -0.2) is 32.0 Å². The highest BCUT2D eigenvalue weighted by molar-refractivity contribution is 5.83. The Morgan fingerprint density at radius 1 is 1.16 bits per heavy atom. The molecule has 0 spiro atoms. The lowest BCUT2D eigenvalue weighted by molar-refractivity contribution is -0.122. The van der Waals surface area contributed by atoms with Crippen LogP contribution in [0.15, 0.2) is 61.3 Å². The summed E-state index contributed by atoms with van der Waals surface area (Å²) >= 11 is 0. The van der Waals surface area contributed by atoms with Crippen molar-refractivity contribution in [1.82, 2.24) is 24.8 Å². The van der Waals surface area contributed by atoms with Gasteiger partial charge in [-0.2, -0.15) is 0 Å². The van der Waals surface area contributed by atoms with Gasteiger partial charge in [-0.15, -0.1) is 0 Å². The summed E-state index contributed by atoms with van der Waals surface area (Å²) in [5.41, 5.74) is 1.76. The largest absolute Gasteiger partial charge is 0.354 e. The van der Waals surface area contributed by atoms with E-state index in [1.54, 1.807) is 24.8 Å². The fraction of sp³-hybridized carbons (Fsp3) is 0.263. The number of benzene rings is 1. The molecule has 6 nitrogen and oxygen atoms in total. The van der Waals surface area contributed by atoms with Crippen molar-refractivity contribution in [3.63, 3.8) is 0 Å². The first kappa shape index (κ1) is 16.8. The number of nitrogens with zero attached hydrogens (tertiary/aromatic N) is 4. The van der Waals surface area contributed by atoms with Crippen molar-refractivity contribution >= 4 is 5.91 Å². The quantitative estimate of drug-likeness (QED) is 0.720. The lowest BCUT2D eigenvalue weighted by atomic mass is 9.96. The van der Waals surface area contributed by atoms with Gasteiger partial charge in [0.1, 0.15) is 5.69 Å². The first-order chi connectivity index (χ1) is 12.3. The van der Waals surface area contributed by atoms with Gasteiger partial charge < -0.3 is 9.88 Å². The highest BCUT2D eigenvalue weighted by Gasteiger charge is 2.18. The second-order valence-electron chi connectivity index (χ2n) is 5.70. The summed E-state index contributed by atoms with van der Waals surface area (Å²) in [6, 6.07) is 9.88. The van der Waals surface area contributed by atoms with Gasteiger partial charge >= 0.3 is 0 Å². The average molecular weight is 335 g/mol. The van der Waals surface area contributed by atoms with Gasteiger partial charge in [-0.25, -0.2) is 9.97 Å². The number of hydrogen-bond donors (Lipinski definition) is 1. The van der Waals surface area contributed by atoms with Gasteiger partial charge in [0.15, 0.2) is 5.82 Å². The summed E-state index contributed by atoms with van der Waals surface area (Å²) in [5, 5.41) is 3.03. The molecule has 6 heteroatoms. The van der Waals surface area contributed by atoms with E-state index in [4.69, 9.17) is 0 Å². The van der Waals surface area contributed by atoms with Crippen LogP contribution in [0.4, 0.5) is 0 Å². The number of carbonyl (C=O) groups is 1. The molecule has 3 rings (SSSR count). The Kier molecular flexibility index (Phi) is 5.51. The van der Waals surface area contributed by atoms with Crippen LogP contribution < -0.4 is 5.32 Å². The first-order valence-corrected chi connectivity index (χ1v) is 8.39. The van der Waals surface area contributed by atoms with E-state index < -0.39 is 0 Å². The molecule has 0 radical (unpaired) electrons. The third kappa shape index (κ3) is 4.09. The van der Waals surface area contributed by atoms with Crippen molar-refractivity contribution in [3.8, 4) is 11.5 Å². The van der Waals surface area contributed by atoms with Crippen molar-refractivity contribution in [2.75, 3.05) is 6.54 Å². The van der Waals surface area contributed by atoms with Crippen molar-refractivity contribution < 1.29 is 4.79 Å². The zero-order valence-corrected chi connectivity index (χ0v) is 14.2. The maximum atomic E-state index is 12.5. The van der Waals surface area contributed by atoms with Gasteiger partial charge in [0.05, 0.1) is 12.1 Å². The minimum absolute atomic E-state index is 0.0508. The fourth-order valence-corrected chi connectivity index (χ4v) is 2.82. The fourth-order valence-electron chi connectivity index (χ4n) is 2.82. The number of nitrogens with one attached hydrogen (secondary N) is 1. The Hall–Kier alpha value is -3.02. The molecule has 1 aromatic carbocycles. The number of imidazole rings is 1. The summed E-state index contributed by atoms with van der Waals surface area (Å²) in [6.45, 7) is 3.19. The molecule has 25 heavy (non-hydrogen) atoms. The molecule has 3 aromatic rings. The predicted octanol–water partition coefficient (Wildman–Crippen LogP) is 2.65. The van der Waals surface area contributed by atoms with Crippen LogP contribution in [-0.2, 0) is 11.3 Å². The average Bonchev–Trinajstić information content (AvgIpc) is 3.12. The van der Waals surface area contributed by atoms with E-state index in [0.29, 0.717) is 13.1 Å². The van der Waals surface area contributed by atoms with Gasteiger partial charge in [-0.05, 0) is 12.0 Å². The van der Waals surface area contributed by atoms with E-state index >= 15 is 0 Å². The van der Waals surface area contributed by atoms with Gasteiger partial charge in [-0.1, -0.05) is 37.3 Å². The molecule has 0 bridgehead atoms. The van der Waals surface area contributed by atoms with Gasteiger partial charge in [-0.3, -0.25) is 9.78 Å². The zero-order chi connectivity index (χ0) is 17.5. The Morgan fingerprint density at radius 3 is 2.72 bits per heavy atom. The third-order valence-corrected chi connectivity index (χ3v) is 4.09. The number of rotatable bonds is 7. The Morgan fingerprint density at radius 2 is 2.00 bits per heavy atom. The van der Waals surface area contributed by atoms with Crippen LogP contribution in [0.25, 0.3) is 11.5 Å². The summed E-state index contributed by atoms with van der Waals surface area (Å²) in [4.78, 5) is 25.2. The molecule has 2 heterocycles. The van der Waals surface area contributed by atoms with Crippen LogP contribution in [0.5, 0.6) is 0 Å². The highest BCUT2D eigenvalue weighted by Crippen LogP contribution is 2.19. The van der Waals surface area contributed by atoms with E-state index in [0.717, 1.165) is 23.5 Å². The predicted molar refractivity (Wildman–Crippen MR) is 95.7 cm³/mol.